The second-order valence-corrected chi connectivity index (χ2v) is 8.52. The van der Waals surface area contributed by atoms with Crippen LogP contribution in [-0.4, -0.2) is 40.9 Å². The highest BCUT2D eigenvalue weighted by Gasteiger charge is 2.32. The van der Waals surface area contributed by atoms with Gasteiger partial charge in [-0.05, 0) is 43.7 Å². The molecule has 0 amide bonds. The van der Waals surface area contributed by atoms with E-state index in [4.69, 9.17) is 4.52 Å². The van der Waals surface area contributed by atoms with Crippen LogP contribution in [0.15, 0.2) is 33.9 Å². The van der Waals surface area contributed by atoms with E-state index in [1.54, 1.807) is 22.6 Å². The summed E-state index contributed by atoms with van der Waals surface area (Å²) in [6.07, 6.45) is 7.70. The van der Waals surface area contributed by atoms with Crippen molar-refractivity contribution in [2.45, 2.75) is 42.9 Å². The van der Waals surface area contributed by atoms with Gasteiger partial charge in [0.1, 0.15) is 4.90 Å². The Bertz CT molecular complexity index is 802. The summed E-state index contributed by atoms with van der Waals surface area (Å²) in [6, 6.07) is 3.23. The fraction of sp³-hybridized carbons (Fsp3) is 0.562. The van der Waals surface area contributed by atoms with Crippen LogP contribution in [0, 0.1) is 5.92 Å². The zero-order chi connectivity index (χ0) is 16.6. The summed E-state index contributed by atoms with van der Waals surface area (Å²) in [5.41, 5.74) is 0. The van der Waals surface area contributed by atoms with Crippen molar-refractivity contribution in [3.05, 3.63) is 36.2 Å². The molecule has 2 aliphatic rings. The molecule has 0 unspecified atom stereocenters. The molecule has 3 heterocycles. The molecule has 8 heteroatoms. The molecular formula is C16H20N4O3S. The minimum Gasteiger partial charge on any atom is -0.339 e. The molecule has 0 aromatic carbocycles. The predicted molar refractivity (Wildman–Crippen MR) is 85.7 cm³/mol. The van der Waals surface area contributed by atoms with Crippen LogP contribution < -0.4 is 0 Å². The molecule has 0 radical (unpaired) electrons. The molecule has 4 rings (SSSR count). The Hall–Kier alpha value is -1.80. The Morgan fingerprint density at radius 3 is 2.92 bits per heavy atom. The van der Waals surface area contributed by atoms with Crippen LogP contribution in [0.2, 0.25) is 0 Å². The topological polar surface area (TPSA) is 89.2 Å². The first-order valence-electron chi connectivity index (χ1n) is 8.35. The van der Waals surface area contributed by atoms with E-state index in [1.165, 1.54) is 6.20 Å². The summed E-state index contributed by atoms with van der Waals surface area (Å²) in [7, 11) is -3.48. The van der Waals surface area contributed by atoms with Crippen molar-refractivity contribution in [2.24, 2.45) is 5.92 Å². The standard InChI is InChI=1S/C16H20N4O3S/c21-24(22,14-4-1-7-17-10-14)20-8-2-3-12(11-20)9-15-18-16(19-23-15)13-5-6-13/h1,4,7,10,12-13H,2-3,5-6,8-9,11H2/t12-/m1/s1. The van der Waals surface area contributed by atoms with E-state index in [1.807, 2.05) is 0 Å². The van der Waals surface area contributed by atoms with Crippen LogP contribution in [0.1, 0.15) is 43.3 Å². The lowest BCUT2D eigenvalue weighted by Gasteiger charge is -2.31. The van der Waals surface area contributed by atoms with Gasteiger partial charge >= 0.3 is 0 Å². The normalized spacial score (nSPS) is 22.6. The summed E-state index contributed by atoms with van der Waals surface area (Å²) in [5.74, 6) is 2.11. The van der Waals surface area contributed by atoms with Gasteiger partial charge in [0.2, 0.25) is 15.9 Å². The van der Waals surface area contributed by atoms with Crippen molar-refractivity contribution < 1.29 is 12.9 Å². The van der Waals surface area contributed by atoms with Gasteiger partial charge in [-0.25, -0.2) is 8.42 Å². The Morgan fingerprint density at radius 2 is 2.17 bits per heavy atom. The van der Waals surface area contributed by atoms with E-state index in [-0.39, 0.29) is 10.8 Å². The number of hydrogen-bond acceptors (Lipinski definition) is 6. The van der Waals surface area contributed by atoms with Crippen LogP contribution in [0.4, 0.5) is 0 Å². The number of pyridine rings is 1. The van der Waals surface area contributed by atoms with E-state index < -0.39 is 10.0 Å². The number of piperidine rings is 1. The first-order chi connectivity index (χ1) is 11.6. The lowest BCUT2D eigenvalue weighted by Crippen LogP contribution is -2.40. The van der Waals surface area contributed by atoms with Crippen molar-refractivity contribution >= 4 is 10.0 Å². The van der Waals surface area contributed by atoms with Crippen LogP contribution >= 0.6 is 0 Å². The maximum absolute atomic E-state index is 12.7. The number of rotatable bonds is 5. The van der Waals surface area contributed by atoms with Gasteiger partial charge in [0.25, 0.3) is 0 Å². The Labute approximate surface area is 141 Å². The van der Waals surface area contributed by atoms with Crippen LogP contribution in [0.25, 0.3) is 0 Å². The quantitative estimate of drug-likeness (QED) is 0.821. The average Bonchev–Trinajstić information content (AvgIpc) is 3.36. The van der Waals surface area contributed by atoms with Crippen LogP contribution in [0.5, 0.6) is 0 Å². The molecule has 2 fully saturated rings. The SMILES string of the molecule is O=S(=O)(c1cccnc1)N1CCC[C@H](Cc2nc(C3CC3)no2)C1. The largest absolute Gasteiger partial charge is 0.339 e. The van der Waals surface area contributed by atoms with E-state index in [2.05, 4.69) is 15.1 Å². The molecule has 0 N–H and O–H groups in total. The highest BCUT2D eigenvalue weighted by atomic mass is 32.2. The summed E-state index contributed by atoms with van der Waals surface area (Å²) in [5, 5.41) is 4.03. The highest BCUT2D eigenvalue weighted by Crippen LogP contribution is 2.38. The second kappa shape index (κ2) is 6.25. The lowest BCUT2D eigenvalue weighted by atomic mass is 9.96. The summed E-state index contributed by atoms with van der Waals surface area (Å²) in [6.45, 7) is 1.03. The number of aromatic nitrogens is 3. The molecule has 0 spiro atoms. The van der Waals surface area contributed by atoms with Gasteiger partial charge in [0.15, 0.2) is 5.82 Å². The minimum atomic E-state index is -3.48. The fourth-order valence-electron chi connectivity index (χ4n) is 3.17. The van der Waals surface area contributed by atoms with Gasteiger partial charge in [-0.2, -0.15) is 9.29 Å². The van der Waals surface area contributed by atoms with Crippen molar-refractivity contribution in [1.82, 2.24) is 19.4 Å². The van der Waals surface area contributed by atoms with Gasteiger partial charge in [0, 0.05) is 37.8 Å². The minimum absolute atomic E-state index is 0.206. The zero-order valence-electron chi connectivity index (χ0n) is 13.3. The average molecular weight is 348 g/mol. The second-order valence-electron chi connectivity index (χ2n) is 6.58. The third-order valence-electron chi connectivity index (χ3n) is 4.64. The maximum Gasteiger partial charge on any atom is 0.244 e. The maximum atomic E-state index is 12.7. The molecule has 2 aromatic rings. The Kier molecular flexibility index (Phi) is 4.09. The highest BCUT2D eigenvalue weighted by molar-refractivity contribution is 7.89. The van der Waals surface area contributed by atoms with E-state index >= 15 is 0 Å². The number of nitrogens with zero attached hydrogens (tertiary/aromatic N) is 4. The third-order valence-corrected chi connectivity index (χ3v) is 6.49. The summed E-state index contributed by atoms with van der Waals surface area (Å²) >= 11 is 0. The van der Waals surface area contributed by atoms with Crippen LogP contribution in [0.3, 0.4) is 0 Å². The molecule has 1 aliphatic heterocycles. The summed E-state index contributed by atoms with van der Waals surface area (Å²) < 4.78 is 32.3. The zero-order valence-corrected chi connectivity index (χ0v) is 14.2. The smallest absolute Gasteiger partial charge is 0.244 e. The molecule has 128 valence electrons. The van der Waals surface area contributed by atoms with Gasteiger partial charge in [-0.3, -0.25) is 4.98 Å². The first kappa shape index (κ1) is 15.7. The molecule has 1 saturated carbocycles. The number of hydrogen-bond donors (Lipinski definition) is 0. The molecule has 24 heavy (non-hydrogen) atoms. The van der Waals surface area contributed by atoms with Gasteiger partial charge in [-0.15, -0.1) is 0 Å². The summed E-state index contributed by atoms with van der Waals surface area (Å²) in [4.78, 5) is 8.62. The first-order valence-corrected chi connectivity index (χ1v) is 9.79. The molecule has 7 nitrogen and oxygen atoms in total. The van der Waals surface area contributed by atoms with Crippen molar-refractivity contribution in [1.29, 1.82) is 0 Å². The molecular weight excluding hydrogens is 328 g/mol. The van der Waals surface area contributed by atoms with E-state index in [0.29, 0.717) is 31.3 Å². The third kappa shape index (κ3) is 3.21. The lowest BCUT2D eigenvalue weighted by molar-refractivity contribution is 0.246. The van der Waals surface area contributed by atoms with Crippen molar-refractivity contribution in [3.8, 4) is 0 Å². The van der Waals surface area contributed by atoms with Gasteiger partial charge in [0.05, 0.1) is 0 Å². The van der Waals surface area contributed by atoms with Crippen molar-refractivity contribution in [3.63, 3.8) is 0 Å². The monoisotopic (exact) mass is 348 g/mol. The molecule has 0 bridgehead atoms. The molecule has 1 atom stereocenters. The Balaban J connectivity index is 1.45. The molecule has 1 aliphatic carbocycles. The molecule has 2 aromatic heterocycles. The number of sulfonamides is 1. The van der Waals surface area contributed by atoms with E-state index in [0.717, 1.165) is 31.5 Å². The molecule has 1 saturated heterocycles. The van der Waals surface area contributed by atoms with Crippen molar-refractivity contribution in [2.75, 3.05) is 13.1 Å². The van der Waals surface area contributed by atoms with Crippen LogP contribution in [-0.2, 0) is 16.4 Å². The van der Waals surface area contributed by atoms with Gasteiger partial charge < -0.3 is 4.52 Å². The Morgan fingerprint density at radius 1 is 1.29 bits per heavy atom. The van der Waals surface area contributed by atoms with E-state index in [9.17, 15) is 8.42 Å². The fourth-order valence-corrected chi connectivity index (χ4v) is 4.69. The van der Waals surface area contributed by atoms with Gasteiger partial charge in [-0.1, -0.05) is 5.16 Å². The predicted octanol–water partition coefficient (Wildman–Crippen LogP) is 1.99.